The van der Waals surface area contributed by atoms with E-state index in [4.69, 9.17) is 25.8 Å². The van der Waals surface area contributed by atoms with E-state index < -0.39 is 28.6 Å². The average molecular weight is 483 g/mol. The number of carbonyl (C=O) groups excluding carboxylic acids is 2. The summed E-state index contributed by atoms with van der Waals surface area (Å²) in [6, 6.07) is 8.97. The molecule has 1 amide bonds. The molecule has 0 bridgehead atoms. The quantitative estimate of drug-likeness (QED) is 0.328. The van der Waals surface area contributed by atoms with Gasteiger partial charge in [-0.25, -0.2) is 4.79 Å². The Morgan fingerprint density at radius 3 is 2.52 bits per heavy atom. The predicted octanol–water partition coefficient (Wildman–Crippen LogP) is 4.85. The third-order valence-electron chi connectivity index (χ3n) is 4.04. The van der Waals surface area contributed by atoms with Crippen LogP contribution in [0.15, 0.2) is 42.0 Å². The summed E-state index contributed by atoms with van der Waals surface area (Å²) < 4.78 is 54.3. The standard InChI is InChI=1S/C22H18ClF3N2O5/c1-3-32-20(29)12-33-18-7-4-13(9-19(18)31-2)8-14(11-27)21(30)28-15-5-6-17(23)16(10-15)22(24,25)26/h4-10H,3,12H2,1-2H3,(H,28,30). The molecule has 0 aromatic heterocycles. The zero-order chi connectivity index (χ0) is 24.6. The number of ether oxygens (including phenoxy) is 3. The van der Waals surface area contributed by atoms with Crippen molar-refractivity contribution in [3.63, 3.8) is 0 Å². The number of halogens is 4. The van der Waals surface area contributed by atoms with Crippen molar-refractivity contribution < 1.29 is 37.0 Å². The fraction of sp³-hybridized carbons (Fsp3) is 0.227. The molecule has 174 valence electrons. The zero-order valence-corrected chi connectivity index (χ0v) is 18.2. The number of esters is 1. The van der Waals surface area contributed by atoms with Gasteiger partial charge in [-0.1, -0.05) is 17.7 Å². The topological polar surface area (TPSA) is 97.7 Å². The minimum Gasteiger partial charge on any atom is -0.493 e. The van der Waals surface area contributed by atoms with E-state index in [-0.39, 0.29) is 36.0 Å². The number of carbonyl (C=O) groups is 2. The summed E-state index contributed by atoms with van der Waals surface area (Å²) in [6.07, 6.45) is -3.49. The molecule has 0 unspecified atom stereocenters. The molecule has 0 radical (unpaired) electrons. The van der Waals surface area contributed by atoms with Gasteiger partial charge in [-0.05, 0) is 48.9 Å². The Kier molecular flexibility index (Phi) is 8.70. The van der Waals surface area contributed by atoms with Gasteiger partial charge in [0.1, 0.15) is 11.6 Å². The van der Waals surface area contributed by atoms with Gasteiger partial charge in [0.15, 0.2) is 18.1 Å². The minimum atomic E-state index is -4.71. The van der Waals surface area contributed by atoms with E-state index in [2.05, 4.69) is 5.32 Å². The van der Waals surface area contributed by atoms with Crippen LogP contribution in [0.4, 0.5) is 18.9 Å². The van der Waals surface area contributed by atoms with E-state index in [0.29, 0.717) is 11.6 Å². The summed E-state index contributed by atoms with van der Waals surface area (Å²) in [4.78, 5) is 23.9. The summed E-state index contributed by atoms with van der Waals surface area (Å²) in [5.41, 5.74) is -1.30. The summed E-state index contributed by atoms with van der Waals surface area (Å²) in [5.74, 6) is -1.04. The van der Waals surface area contributed by atoms with E-state index in [1.165, 1.54) is 37.5 Å². The summed E-state index contributed by atoms with van der Waals surface area (Å²) in [6.45, 7) is 1.52. The van der Waals surface area contributed by atoms with Crippen molar-refractivity contribution in [2.24, 2.45) is 0 Å². The average Bonchev–Trinajstić information content (AvgIpc) is 2.76. The van der Waals surface area contributed by atoms with Gasteiger partial charge in [-0.15, -0.1) is 0 Å². The van der Waals surface area contributed by atoms with Gasteiger partial charge >= 0.3 is 12.1 Å². The fourth-order valence-corrected chi connectivity index (χ4v) is 2.79. The fourth-order valence-electron chi connectivity index (χ4n) is 2.57. The number of rotatable bonds is 8. The Bertz CT molecular complexity index is 1110. The van der Waals surface area contributed by atoms with E-state index in [9.17, 15) is 28.0 Å². The van der Waals surface area contributed by atoms with Gasteiger partial charge in [0.05, 0.1) is 24.3 Å². The van der Waals surface area contributed by atoms with Crippen LogP contribution in [-0.2, 0) is 20.5 Å². The highest BCUT2D eigenvalue weighted by Crippen LogP contribution is 2.36. The largest absolute Gasteiger partial charge is 0.493 e. The van der Waals surface area contributed by atoms with Crippen LogP contribution in [0.3, 0.4) is 0 Å². The molecule has 0 atom stereocenters. The van der Waals surface area contributed by atoms with Crippen LogP contribution in [0.1, 0.15) is 18.1 Å². The zero-order valence-electron chi connectivity index (χ0n) is 17.5. The maximum atomic E-state index is 13.0. The smallest absolute Gasteiger partial charge is 0.417 e. The molecule has 0 heterocycles. The molecule has 0 aliphatic heterocycles. The number of benzene rings is 2. The van der Waals surface area contributed by atoms with Crippen LogP contribution in [0, 0.1) is 11.3 Å². The number of amides is 1. The lowest BCUT2D eigenvalue weighted by Gasteiger charge is -2.12. The van der Waals surface area contributed by atoms with Gasteiger partial charge < -0.3 is 19.5 Å². The Labute approximate surface area is 192 Å². The number of alkyl halides is 3. The Balaban J connectivity index is 2.22. The van der Waals surface area contributed by atoms with Gasteiger partial charge in [0.25, 0.3) is 5.91 Å². The molecular formula is C22H18ClF3N2O5. The molecule has 7 nitrogen and oxygen atoms in total. The second-order valence-corrected chi connectivity index (χ2v) is 6.73. The minimum absolute atomic E-state index is 0.182. The van der Waals surface area contributed by atoms with Crippen molar-refractivity contribution in [3.05, 3.63) is 58.1 Å². The molecule has 2 rings (SSSR count). The first kappa shape index (κ1) is 25.5. The summed E-state index contributed by atoms with van der Waals surface area (Å²) in [5, 5.41) is 11.1. The molecule has 0 fully saturated rings. The van der Waals surface area contributed by atoms with Crippen molar-refractivity contribution in [1.29, 1.82) is 5.26 Å². The number of hydrogen-bond acceptors (Lipinski definition) is 6. The molecule has 11 heteroatoms. The number of nitrogens with zero attached hydrogens (tertiary/aromatic N) is 1. The third-order valence-corrected chi connectivity index (χ3v) is 4.37. The summed E-state index contributed by atoms with van der Waals surface area (Å²) in [7, 11) is 1.36. The van der Waals surface area contributed by atoms with Crippen molar-refractivity contribution in [3.8, 4) is 17.6 Å². The maximum absolute atomic E-state index is 13.0. The second-order valence-electron chi connectivity index (χ2n) is 6.32. The summed E-state index contributed by atoms with van der Waals surface area (Å²) >= 11 is 5.57. The van der Waals surface area contributed by atoms with Crippen LogP contribution in [-0.4, -0.2) is 32.2 Å². The van der Waals surface area contributed by atoms with Crippen LogP contribution >= 0.6 is 11.6 Å². The Hall–Kier alpha value is -3.71. The monoisotopic (exact) mass is 482 g/mol. The predicted molar refractivity (Wildman–Crippen MR) is 114 cm³/mol. The molecule has 0 aliphatic carbocycles. The molecule has 0 aliphatic rings. The molecule has 0 saturated heterocycles. The molecule has 1 N–H and O–H groups in total. The molecule has 33 heavy (non-hydrogen) atoms. The van der Waals surface area contributed by atoms with E-state index in [1.54, 1.807) is 13.0 Å². The Morgan fingerprint density at radius 2 is 1.91 bits per heavy atom. The van der Waals surface area contributed by atoms with Gasteiger partial charge in [0, 0.05) is 5.69 Å². The van der Waals surface area contributed by atoms with Crippen LogP contribution < -0.4 is 14.8 Å². The first-order chi connectivity index (χ1) is 15.6. The number of hydrogen-bond donors (Lipinski definition) is 1. The van der Waals surface area contributed by atoms with Gasteiger partial charge in [-0.3, -0.25) is 4.79 Å². The highest BCUT2D eigenvalue weighted by molar-refractivity contribution is 6.31. The highest BCUT2D eigenvalue weighted by Gasteiger charge is 2.33. The highest BCUT2D eigenvalue weighted by atomic mass is 35.5. The molecule has 2 aromatic rings. The molecule has 2 aromatic carbocycles. The molecule has 0 spiro atoms. The molecule has 0 saturated carbocycles. The van der Waals surface area contributed by atoms with Crippen LogP contribution in [0.2, 0.25) is 5.02 Å². The first-order valence-electron chi connectivity index (χ1n) is 9.35. The number of nitriles is 1. The van der Waals surface area contributed by atoms with Crippen LogP contribution in [0.5, 0.6) is 11.5 Å². The van der Waals surface area contributed by atoms with Gasteiger partial charge in [0.2, 0.25) is 0 Å². The SMILES string of the molecule is CCOC(=O)COc1ccc(C=C(C#N)C(=O)Nc2ccc(Cl)c(C(F)(F)F)c2)cc1OC. The first-order valence-corrected chi connectivity index (χ1v) is 9.73. The maximum Gasteiger partial charge on any atom is 0.417 e. The van der Waals surface area contributed by atoms with E-state index in [1.807, 2.05) is 0 Å². The number of nitrogens with one attached hydrogen (secondary N) is 1. The van der Waals surface area contributed by atoms with Crippen LogP contribution in [0.25, 0.3) is 6.08 Å². The normalized spacial score (nSPS) is 11.4. The van der Waals surface area contributed by atoms with Crippen molar-refractivity contribution >= 4 is 35.2 Å². The van der Waals surface area contributed by atoms with Crippen molar-refractivity contribution in [2.75, 3.05) is 25.6 Å². The van der Waals surface area contributed by atoms with E-state index in [0.717, 1.165) is 6.07 Å². The van der Waals surface area contributed by atoms with Crippen molar-refractivity contribution in [1.82, 2.24) is 0 Å². The molecular weight excluding hydrogens is 465 g/mol. The number of anilines is 1. The Morgan fingerprint density at radius 1 is 1.18 bits per heavy atom. The third kappa shape index (κ3) is 7.15. The second kappa shape index (κ2) is 11.2. The lowest BCUT2D eigenvalue weighted by Crippen LogP contribution is -2.15. The van der Waals surface area contributed by atoms with E-state index >= 15 is 0 Å². The number of methoxy groups -OCH3 is 1. The lowest BCUT2D eigenvalue weighted by atomic mass is 10.1. The van der Waals surface area contributed by atoms with Gasteiger partial charge in [-0.2, -0.15) is 18.4 Å². The van der Waals surface area contributed by atoms with Crippen molar-refractivity contribution in [2.45, 2.75) is 13.1 Å². The lowest BCUT2D eigenvalue weighted by molar-refractivity contribution is -0.145.